The van der Waals surface area contributed by atoms with Crippen molar-refractivity contribution in [2.75, 3.05) is 31.6 Å². The molecule has 5 heteroatoms. The highest BCUT2D eigenvalue weighted by Gasteiger charge is 2.09. The van der Waals surface area contributed by atoms with E-state index in [0.717, 1.165) is 18.7 Å². The van der Waals surface area contributed by atoms with Gasteiger partial charge < -0.3 is 10.4 Å². The van der Waals surface area contributed by atoms with Gasteiger partial charge in [-0.2, -0.15) is 0 Å². The molecule has 0 spiro atoms. The molecule has 0 radical (unpaired) electrons. The molecule has 0 heterocycles. The lowest BCUT2D eigenvalue weighted by molar-refractivity contribution is -0.117. The van der Waals surface area contributed by atoms with Crippen LogP contribution in [0.1, 0.15) is 13.3 Å². The van der Waals surface area contributed by atoms with Gasteiger partial charge in [-0.25, -0.2) is 0 Å². The van der Waals surface area contributed by atoms with Gasteiger partial charge >= 0.3 is 0 Å². The summed E-state index contributed by atoms with van der Waals surface area (Å²) in [4.78, 5) is 13.7. The third kappa shape index (κ3) is 5.49. The number of anilines is 1. The molecule has 0 bridgehead atoms. The predicted molar refractivity (Wildman–Crippen MR) is 73.9 cm³/mol. The summed E-state index contributed by atoms with van der Waals surface area (Å²) in [5.74, 6) is -0.0841. The maximum Gasteiger partial charge on any atom is 0.238 e. The third-order valence-corrected chi connectivity index (χ3v) is 2.70. The summed E-state index contributed by atoms with van der Waals surface area (Å²) in [6.07, 6.45) is 0.953. The van der Waals surface area contributed by atoms with Gasteiger partial charge in [-0.1, -0.05) is 18.5 Å². The highest BCUT2D eigenvalue weighted by atomic mass is 35.5. The minimum absolute atomic E-state index is 0.0637. The number of aliphatic hydroxyl groups excluding tert-OH is 1. The standard InChI is InChI=1S/C13H19ClN2O2/c1-2-7-16(8-9-17)10-13(18)15-12-5-3-11(14)4-6-12/h3-6,17H,2,7-10H2,1H3,(H,15,18). The summed E-state index contributed by atoms with van der Waals surface area (Å²) >= 11 is 5.77. The van der Waals surface area contributed by atoms with Crippen LogP contribution in [-0.4, -0.2) is 42.2 Å². The van der Waals surface area contributed by atoms with Crippen LogP contribution in [0.15, 0.2) is 24.3 Å². The van der Waals surface area contributed by atoms with Crippen molar-refractivity contribution in [2.24, 2.45) is 0 Å². The molecule has 100 valence electrons. The molecule has 0 saturated carbocycles. The first-order valence-electron chi connectivity index (χ1n) is 6.04. The van der Waals surface area contributed by atoms with Crippen LogP contribution in [0.5, 0.6) is 0 Å². The van der Waals surface area contributed by atoms with E-state index in [-0.39, 0.29) is 19.1 Å². The van der Waals surface area contributed by atoms with Gasteiger partial charge in [0, 0.05) is 17.3 Å². The van der Waals surface area contributed by atoms with Crippen LogP contribution < -0.4 is 5.32 Å². The number of nitrogens with one attached hydrogen (secondary N) is 1. The van der Waals surface area contributed by atoms with Crippen LogP contribution in [-0.2, 0) is 4.79 Å². The monoisotopic (exact) mass is 270 g/mol. The van der Waals surface area contributed by atoms with Crippen molar-refractivity contribution in [3.63, 3.8) is 0 Å². The predicted octanol–water partition coefficient (Wildman–Crippen LogP) is 1.98. The van der Waals surface area contributed by atoms with E-state index < -0.39 is 0 Å². The molecule has 1 aromatic rings. The van der Waals surface area contributed by atoms with Gasteiger partial charge in [0.15, 0.2) is 0 Å². The van der Waals surface area contributed by atoms with Crippen LogP contribution in [0.2, 0.25) is 5.02 Å². The van der Waals surface area contributed by atoms with Crippen molar-refractivity contribution < 1.29 is 9.90 Å². The highest BCUT2D eigenvalue weighted by molar-refractivity contribution is 6.30. The fourth-order valence-electron chi connectivity index (χ4n) is 1.66. The average molecular weight is 271 g/mol. The van der Waals surface area contributed by atoms with Gasteiger partial charge in [0.25, 0.3) is 0 Å². The molecule has 18 heavy (non-hydrogen) atoms. The molecule has 0 saturated heterocycles. The Morgan fingerprint density at radius 2 is 2.00 bits per heavy atom. The molecule has 2 N–H and O–H groups in total. The lowest BCUT2D eigenvalue weighted by Gasteiger charge is -2.19. The fraction of sp³-hybridized carbons (Fsp3) is 0.462. The Morgan fingerprint density at radius 3 is 2.56 bits per heavy atom. The van der Waals surface area contributed by atoms with E-state index in [1.54, 1.807) is 24.3 Å². The zero-order chi connectivity index (χ0) is 13.4. The Labute approximate surface area is 113 Å². The van der Waals surface area contributed by atoms with Crippen LogP contribution in [0.3, 0.4) is 0 Å². The number of carbonyl (C=O) groups excluding carboxylic acids is 1. The van der Waals surface area contributed by atoms with Gasteiger partial charge in [-0.3, -0.25) is 9.69 Å². The van der Waals surface area contributed by atoms with E-state index in [1.807, 2.05) is 11.8 Å². The molecule has 0 atom stereocenters. The summed E-state index contributed by atoms with van der Waals surface area (Å²) in [7, 11) is 0. The maximum absolute atomic E-state index is 11.8. The molecule has 4 nitrogen and oxygen atoms in total. The number of nitrogens with zero attached hydrogens (tertiary/aromatic N) is 1. The van der Waals surface area contributed by atoms with Crippen molar-refractivity contribution in [3.05, 3.63) is 29.3 Å². The van der Waals surface area contributed by atoms with Crippen LogP contribution in [0.25, 0.3) is 0 Å². The van der Waals surface area contributed by atoms with E-state index >= 15 is 0 Å². The SMILES string of the molecule is CCCN(CCO)CC(=O)Nc1ccc(Cl)cc1. The number of benzene rings is 1. The van der Waals surface area contributed by atoms with Crippen molar-refractivity contribution in [3.8, 4) is 0 Å². The largest absolute Gasteiger partial charge is 0.395 e. The van der Waals surface area contributed by atoms with E-state index in [9.17, 15) is 4.79 Å². The Kier molecular flexibility index (Phi) is 6.72. The molecular weight excluding hydrogens is 252 g/mol. The first-order chi connectivity index (χ1) is 8.65. The van der Waals surface area contributed by atoms with Crippen LogP contribution >= 0.6 is 11.6 Å². The minimum atomic E-state index is -0.0841. The molecule has 0 aliphatic carbocycles. The first-order valence-corrected chi connectivity index (χ1v) is 6.42. The molecular formula is C13H19ClN2O2. The molecule has 0 aliphatic rings. The zero-order valence-electron chi connectivity index (χ0n) is 10.5. The summed E-state index contributed by atoms with van der Waals surface area (Å²) in [6.45, 7) is 3.71. The van der Waals surface area contributed by atoms with Crippen LogP contribution in [0, 0.1) is 0 Å². The molecule has 1 rings (SSSR count). The number of aliphatic hydroxyl groups is 1. The molecule has 1 aromatic carbocycles. The second-order valence-corrected chi connectivity index (χ2v) is 4.49. The maximum atomic E-state index is 11.8. The van der Waals surface area contributed by atoms with Crippen molar-refractivity contribution in [1.29, 1.82) is 0 Å². The number of rotatable bonds is 7. The third-order valence-electron chi connectivity index (χ3n) is 2.45. The van der Waals surface area contributed by atoms with E-state index in [0.29, 0.717) is 11.6 Å². The number of halogens is 1. The second-order valence-electron chi connectivity index (χ2n) is 4.05. The second kappa shape index (κ2) is 8.08. The van der Waals surface area contributed by atoms with Gasteiger partial charge in [-0.15, -0.1) is 0 Å². The zero-order valence-corrected chi connectivity index (χ0v) is 11.3. The summed E-state index contributed by atoms with van der Waals surface area (Å²) in [5, 5.41) is 12.3. The summed E-state index contributed by atoms with van der Waals surface area (Å²) in [6, 6.07) is 6.98. The Morgan fingerprint density at radius 1 is 1.33 bits per heavy atom. The van der Waals surface area contributed by atoms with E-state index in [1.165, 1.54) is 0 Å². The smallest absolute Gasteiger partial charge is 0.238 e. The van der Waals surface area contributed by atoms with Crippen LogP contribution in [0.4, 0.5) is 5.69 Å². The summed E-state index contributed by atoms with van der Waals surface area (Å²) < 4.78 is 0. The molecule has 0 aliphatic heterocycles. The quantitative estimate of drug-likeness (QED) is 0.797. The lowest BCUT2D eigenvalue weighted by atomic mass is 10.3. The van der Waals surface area contributed by atoms with E-state index in [4.69, 9.17) is 16.7 Å². The molecule has 0 fully saturated rings. The minimum Gasteiger partial charge on any atom is -0.395 e. The van der Waals surface area contributed by atoms with Crippen molar-refractivity contribution in [2.45, 2.75) is 13.3 Å². The Hall–Kier alpha value is -1.10. The normalized spacial score (nSPS) is 10.7. The van der Waals surface area contributed by atoms with Crippen molar-refractivity contribution >= 4 is 23.2 Å². The van der Waals surface area contributed by atoms with E-state index in [2.05, 4.69) is 5.32 Å². The Bertz CT molecular complexity index is 362. The topological polar surface area (TPSA) is 52.6 Å². The average Bonchev–Trinajstić information content (AvgIpc) is 2.33. The summed E-state index contributed by atoms with van der Waals surface area (Å²) in [5.41, 5.74) is 0.727. The number of carbonyl (C=O) groups is 1. The first kappa shape index (κ1) is 15.0. The lowest BCUT2D eigenvalue weighted by Crippen LogP contribution is -2.35. The van der Waals surface area contributed by atoms with Gasteiger partial charge in [0.2, 0.25) is 5.91 Å². The fourth-order valence-corrected chi connectivity index (χ4v) is 1.79. The highest BCUT2D eigenvalue weighted by Crippen LogP contribution is 2.13. The molecule has 0 aromatic heterocycles. The number of amides is 1. The Balaban J connectivity index is 2.46. The van der Waals surface area contributed by atoms with Gasteiger partial charge in [0.05, 0.1) is 13.2 Å². The molecule has 1 amide bonds. The van der Waals surface area contributed by atoms with Gasteiger partial charge in [-0.05, 0) is 37.2 Å². The van der Waals surface area contributed by atoms with Crippen molar-refractivity contribution in [1.82, 2.24) is 4.90 Å². The molecule has 0 unspecified atom stereocenters. The number of hydrogen-bond donors (Lipinski definition) is 2. The number of hydrogen-bond acceptors (Lipinski definition) is 3. The van der Waals surface area contributed by atoms with Gasteiger partial charge in [0.1, 0.15) is 0 Å².